The van der Waals surface area contributed by atoms with Gasteiger partial charge < -0.3 is 10.6 Å². The molecule has 0 saturated heterocycles. The van der Waals surface area contributed by atoms with Crippen molar-refractivity contribution in [3.8, 4) is 0 Å². The fourth-order valence-corrected chi connectivity index (χ4v) is 1.85. The predicted molar refractivity (Wildman–Crippen MR) is 94.9 cm³/mol. The molecule has 0 radical (unpaired) electrons. The molecule has 2 N–H and O–H groups in total. The minimum absolute atomic E-state index is 0.350. The lowest BCUT2D eigenvalue weighted by Crippen LogP contribution is -2.19. The van der Waals surface area contributed by atoms with E-state index in [9.17, 15) is 4.79 Å². The van der Waals surface area contributed by atoms with Crippen LogP contribution in [-0.4, -0.2) is 16.4 Å². The molecule has 2 aromatic rings. The summed E-state index contributed by atoms with van der Waals surface area (Å²) in [4.78, 5) is 19.5. The highest BCUT2D eigenvalue weighted by Gasteiger charge is 2.02. The van der Waals surface area contributed by atoms with E-state index in [0.717, 1.165) is 0 Å². The topological polar surface area (TPSA) is 65.8 Å². The van der Waals surface area contributed by atoms with Crippen molar-refractivity contribution in [2.24, 2.45) is 9.98 Å². The Kier molecular flexibility index (Phi) is 5.65. The Hall–Kier alpha value is -2.69. The summed E-state index contributed by atoms with van der Waals surface area (Å²) in [7, 11) is 0. The zero-order valence-corrected chi connectivity index (χ0v) is 12.9. The molecule has 0 spiro atoms. The third-order valence-corrected chi connectivity index (χ3v) is 2.78. The lowest BCUT2D eigenvalue weighted by molar-refractivity contribution is 0.262. The average Bonchev–Trinajstić information content (AvgIpc) is 2.52. The molecule has 7 heteroatoms. The van der Waals surface area contributed by atoms with Crippen molar-refractivity contribution in [2.75, 3.05) is 10.6 Å². The zero-order valence-electron chi connectivity index (χ0n) is 11.2. The molecule has 0 aliphatic rings. The summed E-state index contributed by atoms with van der Waals surface area (Å²) in [5.41, 5.74) is 2.64. The van der Waals surface area contributed by atoms with Crippen molar-refractivity contribution in [2.45, 2.75) is 0 Å². The molecular weight excluding hydrogens is 316 g/mol. The molecule has 0 unspecified atom stereocenters. The summed E-state index contributed by atoms with van der Waals surface area (Å²) in [6, 6.07) is 13.5. The fraction of sp³-hybridized carbons (Fsp3) is 0. The molecule has 0 aliphatic heterocycles. The maximum atomic E-state index is 11.9. The first-order valence-corrected chi connectivity index (χ1v) is 6.97. The van der Waals surface area contributed by atoms with Gasteiger partial charge in [0.05, 0.1) is 21.7 Å². The van der Waals surface area contributed by atoms with Crippen molar-refractivity contribution >= 4 is 63.5 Å². The van der Waals surface area contributed by atoms with E-state index in [2.05, 4.69) is 55.4 Å². The van der Waals surface area contributed by atoms with Crippen molar-refractivity contribution in [1.29, 1.82) is 0 Å². The van der Waals surface area contributed by atoms with Crippen LogP contribution in [-0.2, 0) is 0 Å². The van der Waals surface area contributed by atoms with Gasteiger partial charge in [-0.3, -0.25) is 0 Å². The largest absolute Gasteiger partial charge is 0.323 e. The zero-order chi connectivity index (χ0) is 15.8. The summed E-state index contributed by atoms with van der Waals surface area (Å²) in [5.74, 6) is 0. The highest BCUT2D eigenvalue weighted by Crippen LogP contribution is 2.18. The Labute approximate surface area is 137 Å². The number of urea groups is 1. The van der Waals surface area contributed by atoms with Crippen LogP contribution in [0.15, 0.2) is 58.5 Å². The molecule has 2 aromatic carbocycles. The van der Waals surface area contributed by atoms with Crippen LogP contribution in [0, 0.1) is 0 Å². The Morgan fingerprint density at radius 2 is 1.14 bits per heavy atom. The lowest BCUT2D eigenvalue weighted by Gasteiger charge is -2.07. The smallest absolute Gasteiger partial charge is 0.308 e. The summed E-state index contributed by atoms with van der Waals surface area (Å²) in [6.45, 7) is 0. The van der Waals surface area contributed by atoms with Gasteiger partial charge in [-0.1, -0.05) is 0 Å². The molecule has 0 saturated carbocycles. The highest BCUT2D eigenvalue weighted by molar-refractivity contribution is 7.78. The lowest BCUT2D eigenvalue weighted by atomic mass is 10.3. The van der Waals surface area contributed by atoms with Crippen LogP contribution in [0.5, 0.6) is 0 Å². The highest BCUT2D eigenvalue weighted by atomic mass is 32.1. The molecule has 0 aromatic heterocycles. The molecule has 22 heavy (non-hydrogen) atoms. The number of carbonyl (C=O) groups is 1. The van der Waals surface area contributed by atoms with E-state index in [1.165, 1.54) is 0 Å². The first-order valence-electron chi connectivity index (χ1n) is 6.15. The predicted octanol–water partition coefficient (Wildman–Crippen LogP) is 4.80. The monoisotopic (exact) mass is 326 g/mol. The van der Waals surface area contributed by atoms with Crippen molar-refractivity contribution < 1.29 is 4.79 Å². The van der Waals surface area contributed by atoms with Crippen LogP contribution in [0.2, 0.25) is 0 Å². The first-order chi connectivity index (χ1) is 10.7. The average molecular weight is 326 g/mol. The number of thiocarbonyl (C=S) groups is 2. The van der Waals surface area contributed by atoms with Gasteiger partial charge in [-0.2, -0.15) is 9.98 Å². The van der Waals surface area contributed by atoms with Crippen molar-refractivity contribution in [3.63, 3.8) is 0 Å². The molecular formula is C15H10N4OS2. The van der Waals surface area contributed by atoms with Gasteiger partial charge in [0.15, 0.2) is 0 Å². The number of amides is 2. The molecule has 108 valence electrons. The fourth-order valence-electron chi connectivity index (χ4n) is 1.64. The molecule has 0 aliphatic carbocycles. The molecule has 0 atom stereocenters. The van der Waals surface area contributed by atoms with Crippen LogP contribution in [0.25, 0.3) is 0 Å². The number of isothiocyanates is 2. The molecule has 2 amide bonds. The van der Waals surface area contributed by atoms with Gasteiger partial charge in [0.1, 0.15) is 0 Å². The number of nitrogens with zero attached hydrogens (tertiary/aromatic N) is 2. The quantitative estimate of drug-likeness (QED) is 0.626. The van der Waals surface area contributed by atoms with Gasteiger partial charge in [0.25, 0.3) is 0 Å². The first kappa shape index (κ1) is 15.7. The van der Waals surface area contributed by atoms with Crippen LogP contribution in [0.3, 0.4) is 0 Å². The SMILES string of the molecule is O=C(Nc1ccc(N=C=S)cc1)Nc1ccc(N=C=S)cc1. The number of anilines is 2. The number of aliphatic imine (C=N–C) groups is 2. The number of carbonyl (C=O) groups excluding carboxylic acids is 1. The minimum atomic E-state index is -0.350. The van der Waals surface area contributed by atoms with Gasteiger partial charge in [0, 0.05) is 11.4 Å². The van der Waals surface area contributed by atoms with Crippen LogP contribution < -0.4 is 10.6 Å². The summed E-state index contributed by atoms with van der Waals surface area (Å²) < 4.78 is 0. The molecule has 0 fully saturated rings. The second kappa shape index (κ2) is 7.93. The number of hydrogen-bond donors (Lipinski definition) is 2. The molecule has 0 heterocycles. The number of hydrogen-bond acceptors (Lipinski definition) is 5. The maximum Gasteiger partial charge on any atom is 0.323 e. The molecule has 0 bridgehead atoms. The van der Waals surface area contributed by atoms with Crippen molar-refractivity contribution in [3.05, 3.63) is 48.5 Å². The van der Waals surface area contributed by atoms with E-state index >= 15 is 0 Å². The van der Waals surface area contributed by atoms with E-state index in [0.29, 0.717) is 22.7 Å². The third kappa shape index (κ3) is 4.70. The number of nitrogens with one attached hydrogen (secondary N) is 2. The summed E-state index contributed by atoms with van der Waals surface area (Å²) in [5, 5.41) is 9.98. The number of benzene rings is 2. The second-order valence-corrected chi connectivity index (χ2v) is 4.44. The van der Waals surface area contributed by atoms with Crippen molar-refractivity contribution in [1.82, 2.24) is 0 Å². The normalized spacial score (nSPS) is 9.09. The maximum absolute atomic E-state index is 11.9. The van der Waals surface area contributed by atoms with Gasteiger partial charge >= 0.3 is 6.03 Å². The summed E-state index contributed by atoms with van der Waals surface area (Å²) >= 11 is 9.05. The van der Waals surface area contributed by atoms with Crippen LogP contribution in [0.1, 0.15) is 0 Å². The van der Waals surface area contributed by atoms with Crippen LogP contribution >= 0.6 is 24.4 Å². The standard InChI is InChI=1S/C15H10N4OS2/c20-15(18-13-5-1-11(2-6-13)16-9-21)19-14-7-3-12(4-8-14)17-10-22/h1-8H,(H2,18,19,20). The Morgan fingerprint density at radius 1 is 0.773 bits per heavy atom. The van der Waals surface area contributed by atoms with E-state index in [1.54, 1.807) is 48.5 Å². The third-order valence-electron chi connectivity index (χ3n) is 2.60. The molecule has 2 rings (SSSR count). The summed E-state index contributed by atoms with van der Waals surface area (Å²) in [6.07, 6.45) is 0. The van der Waals surface area contributed by atoms with E-state index in [1.807, 2.05) is 0 Å². The van der Waals surface area contributed by atoms with E-state index in [-0.39, 0.29) is 6.03 Å². The Morgan fingerprint density at radius 3 is 1.45 bits per heavy atom. The Balaban J connectivity index is 1.97. The number of rotatable bonds is 4. The van der Waals surface area contributed by atoms with E-state index < -0.39 is 0 Å². The van der Waals surface area contributed by atoms with Gasteiger partial charge in [-0.05, 0) is 73.0 Å². The molecule has 5 nitrogen and oxygen atoms in total. The Bertz CT molecular complexity index is 694. The van der Waals surface area contributed by atoms with Gasteiger partial charge in [-0.15, -0.1) is 0 Å². The van der Waals surface area contributed by atoms with Crippen LogP contribution in [0.4, 0.5) is 27.5 Å². The minimum Gasteiger partial charge on any atom is -0.308 e. The second-order valence-electron chi connectivity index (χ2n) is 4.08. The van der Waals surface area contributed by atoms with E-state index in [4.69, 9.17) is 0 Å². The van der Waals surface area contributed by atoms with Gasteiger partial charge in [0.2, 0.25) is 0 Å². The van der Waals surface area contributed by atoms with Gasteiger partial charge in [-0.25, -0.2) is 4.79 Å².